The standard InChI is InChI=1S/C40H30N2/c1-40(2)34-24-29(30-25-35(27-14-6-3-7-15-27)41-36(26-30)28-16-8-4-9-17-28)22-23-32(34)38-33-20-12-13-21-37(33)42(39(38)40)31-18-10-5-11-19-31/h3-26H,1-2H3. The molecule has 7 aromatic rings. The van der Waals surface area contributed by atoms with Crippen LogP contribution in [0.3, 0.4) is 0 Å². The largest absolute Gasteiger partial charge is 0.312 e. The lowest BCUT2D eigenvalue weighted by Gasteiger charge is -2.25. The molecule has 0 spiro atoms. The van der Waals surface area contributed by atoms with Gasteiger partial charge in [0.05, 0.1) is 16.9 Å². The molecule has 2 aromatic heterocycles. The average molecular weight is 539 g/mol. The van der Waals surface area contributed by atoms with Crippen molar-refractivity contribution in [1.82, 2.24) is 9.55 Å². The van der Waals surface area contributed by atoms with Gasteiger partial charge in [-0.1, -0.05) is 123 Å². The maximum Gasteiger partial charge on any atom is 0.0715 e. The number of para-hydroxylation sites is 2. The van der Waals surface area contributed by atoms with Crippen LogP contribution in [0.25, 0.3) is 61.4 Å². The second-order valence-electron chi connectivity index (χ2n) is 11.7. The van der Waals surface area contributed by atoms with E-state index in [0.29, 0.717) is 0 Å². The minimum absolute atomic E-state index is 0.187. The van der Waals surface area contributed by atoms with E-state index in [1.807, 2.05) is 0 Å². The van der Waals surface area contributed by atoms with Gasteiger partial charge in [0.25, 0.3) is 0 Å². The first-order valence-electron chi connectivity index (χ1n) is 14.6. The van der Waals surface area contributed by atoms with Crippen molar-refractivity contribution in [2.45, 2.75) is 19.3 Å². The fourth-order valence-electron chi connectivity index (χ4n) is 6.75. The quantitative estimate of drug-likeness (QED) is 0.218. The Bertz CT molecular complexity index is 2030. The predicted octanol–water partition coefficient (Wildman–Crippen LogP) is 10.3. The first kappa shape index (κ1) is 24.6. The van der Waals surface area contributed by atoms with Crippen LogP contribution in [0, 0.1) is 0 Å². The Morgan fingerprint density at radius 1 is 0.524 bits per heavy atom. The molecule has 1 aliphatic carbocycles. The molecule has 1 aliphatic rings. The molecule has 0 bridgehead atoms. The number of rotatable bonds is 4. The number of fused-ring (bicyclic) bond motifs is 5. The molecule has 0 radical (unpaired) electrons. The van der Waals surface area contributed by atoms with Crippen molar-refractivity contribution in [3.63, 3.8) is 0 Å². The molecule has 0 aliphatic heterocycles. The van der Waals surface area contributed by atoms with Crippen LogP contribution in [0.2, 0.25) is 0 Å². The number of hydrogen-bond donors (Lipinski definition) is 0. The van der Waals surface area contributed by atoms with Crippen molar-refractivity contribution in [2.75, 3.05) is 0 Å². The van der Waals surface area contributed by atoms with Gasteiger partial charge in [0, 0.05) is 38.9 Å². The Hall–Kier alpha value is -5.21. The third-order valence-corrected chi connectivity index (χ3v) is 8.74. The Morgan fingerprint density at radius 3 is 1.74 bits per heavy atom. The van der Waals surface area contributed by atoms with Gasteiger partial charge in [-0.15, -0.1) is 0 Å². The van der Waals surface area contributed by atoms with Crippen molar-refractivity contribution < 1.29 is 0 Å². The van der Waals surface area contributed by atoms with Crippen LogP contribution < -0.4 is 0 Å². The van der Waals surface area contributed by atoms with E-state index in [9.17, 15) is 0 Å². The highest BCUT2D eigenvalue weighted by molar-refractivity contribution is 6.04. The van der Waals surface area contributed by atoms with E-state index >= 15 is 0 Å². The number of pyridine rings is 1. The lowest BCUT2D eigenvalue weighted by molar-refractivity contribution is 0.624. The second-order valence-corrected chi connectivity index (χ2v) is 11.7. The number of nitrogens with zero attached hydrogens (tertiary/aromatic N) is 2. The molecule has 0 saturated carbocycles. The van der Waals surface area contributed by atoms with E-state index in [4.69, 9.17) is 4.98 Å². The summed E-state index contributed by atoms with van der Waals surface area (Å²) in [4.78, 5) is 5.10. The summed E-state index contributed by atoms with van der Waals surface area (Å²) in [6.07, 6.45) is 0. The smallest absolute Gasteiger partial charge is 0.0715 e. The minimum atomic E-state index is -0.187. The van der Waals surface area contributed by atoms with E-state index in [0.717, 1.165) is 22.5 Å². The van der Waals surface area contributed by atoms with E-state index in [1.54, 1.807) is 0 Å². The molecule has 0 N–H and O–H groups in total. The molecule has 5 aromatic carbocycles. The zero-order valence-electron chi connectivity index (χ0n) is 23.8. The first-order chi connectivity index (χ1) is 20.6. The third-order valence-electron chi connectivity index (χ3n) is 8.74. The van der Waals surface area contributed by atoms with Gasteiger partial charge in [0.2, 0.25) is 0 Å². The van der Waals surface area contributed by atoms with Crippen LogP contribution in [0.4, 0.5) is 0 Å². The van der Waals surface area contributed by atoms with Crippen molar-refractivity contribution >= 4 is 10.9 Å². The monoisotopic (exact) mass is 538 g/mol. The van der Waals surface area contributed by atoms with Gasteiger partial charge >= 0.3 is 0 Å². The fraction of sp³-hybridized carbons (Fsp3) is 0.0750. The molecular weight excluding hydrogens is 508 g/mol. The van der Waals surface area contributed by atoms with E-state index in [1.165, 1.54) is 50.1 Å². The van der Waals surface area contributed by atoms with Gasteiger partial charge in [0.1, 0.15) is 0 Å². The molecule has 0 fully saturated rings. The highest BCUT2D eigenvalue weighted by Gasteiger charge is 2.41. The summed E-state index contributed by atoms with van der Waals surface area (Å²) in [6.45, 7) is 4.74. The van der Waals surface area contributed by atoms with Gasteiger partial charge in [-0.25, -0.2) is 4.98 Å². The van der Waals surface area contributed by atoms with Gasteiger partial charge in [-0.3, -0.25) is 0 Å². The highest BCUT2D eigenvalue weighted by Crippen LogP contribution is 2.54. The van der Waals surface area contributed by atoms with Crippen LogP contribution in [-0.4, -0.2) is 9.55 Å². The zero-order chi connectivity index (χ0) is 28.3. The van der Waals surface area contributed by atoms with Crippen molar-refractivity contribution in [3.8, 4) is 50.5 Å². The number of hydrogen-bond acceptors (Lipinski definition) is 1. The maximum atomic E-state index is 5.10. The van der Waals surface area contributed by atoms with Crippen LogP contribution in [0.15, 0.2) is 146 Å². The molecule has 2 nitrogen and oxygen atoms in total. The van der Waals surface area contributed by atoms with E-state index in [2.05, 4.69) is 164 Å². The summed E-state index contributed by atoms with van der Waals surface area (Å²) in [5, 5.41) is 1.30. The SMILES string of the molecule is CC1(C)c2cc(-c3cc(-c4ccccc4)nc(-c4ccccc4)c3)ccc2-c2c1n(-c1ccccc1)c1ccccc21. The molecule has 2 heteroatoms. The molecule has 8 rings (SSSR count). The van der Waals surface area contributed by atoms with Crippen molar-refractivity contribution in [1.29, 1.82) is 0 Å². The summed E-state index contributed by atoms with van der Waals surface area (Å²) in [5.41, 5.74) is 14.2. The summed E-state index contributed by atoms with van der Waals surface area (Å²) in [7, 11) is 0. The predicted molar refractivity (Wildman–Crippen MR) is 175 cm³/mol. The molecule has 0 unspecified atom stereocenters. The highest BCUT2D eigenvalue weighted by atomic mass is 15.0. The molecule has 0 amide bonds. The summed E-state index contributed by atoms with van der Waals surface area (Å²) < 4.78 is 2.47. The summed E-state index contributed by atoms with van der Waals surface area (Å²) in [6, 6.07) is 52.1. The van der Waals surface area contributed by atoms with Crippen LogP contribution in [0.5, 0.6) is 0 Å². The Balaban J connectivity index is 1.34. The first-order valence-corrected chi connectivity index (χ1v) is 14.6. The van der Waals surface area contributed by atoms with Crippen LogP contribution >= 0.6 is 0 Å². The van der Waals surface area contributed by atoms with Gasteiger partial charge in [-0.05, 0) is 58.7 Å². The summed E-state index contributed by atoms with van der Waals surface area (Å²) >= 11 is 0. The molecule has 42 heavy (non-hydrogen) atoms. The Labute approximate surface area is 246 Å². The lowest BCUT2D eigenvalue weighted by Crippen LogP contribution is -2.20. The number of benzene rings is 5. The maximum absolute atomic E-state index is 5.10. The van der Waals surface area contributed by atoms with Crippen molar-refractivity contribution in [3.05, 3.63) is 157 Å². The Morgan fingerprint density at radius 2 is 1.10 bits per heavy atom. The summed E-state index contributed by atoms with van der Waals surface area (Å²) in [5.74, 6) is 0. The molecule has 0 saturated heterocycles. The average Bonchev–Trinajstić information content (AvgIpc) is 3.52. The van der Waals surface area contributed by atoms with Gasteiger partial charge in [-0.2, -0.15) is 0 Å². The third kappa shape index (κ3) is 3.76. The second kappa shape index (κ2) is 9.43. The van der Waals surface area contributed by atoms with Gasteiger partial charge < -0.3 is 4.57 Å². The van der Waals surface area contributed by atoms with E-state index < -0.39 is 0 Å². The normalized spacial score (nSPS) is 13.2. The number of aromatic nitrogens is 2. The fourth-order valence-corrected chi connectivity index (χ4v) is 6.75. The van der Waals surface area contributed by atoms with Gasteiger partial charge in [0.15, 0.2) is 0 Å². The van der Waals surface area contributed by atoms with Crippen molar-refractivity contribution in [2.24, 2.45) is 0 Å². The zero-order valence-corrected chi connectivity index (χ0v) is 23.8. The molecular formula is C40H30N2. The topological polar surface area (TPSA) is 17.8 Å². The minimum Gasteiger partial charge on any atom is -0.312 e. The van der Waals surface area contributed by atoms with Crippen LogP contribution in [-0.2, 0) is 5.41 Å². The van der Waals surface area contributed by atoms with Crippen LogP contribution in [0.1, 0.15) is 25.1 Å². The molecule has 200 valence electrons. The molecule has 0 atom stereocenters. The van der Waals surface area contributed by atoms with E-state index in [-0.39, 0.29) is 5.41 Å². The lowest BCUT2D eigenvalue weighted by atomic mass is 9.83. The Kier molecular flexibility index (Phi) is 5.52. The molecule has 2 heterocycles.